The number of carbonyl (C=O) groups excluding carboxylic acids is 9. The zero-order valence-electron chi connectivity index (χ0n) is 34.8. The predicted molar refractivity (Wildman–Crippen MR) is 210 cm³/mol. The van der Waals surface area contributed by atoms with Crippen molar-refractivity contribution in [3.05, 3.63) is 12.7 Å². The first-order valence-corrected chi connectivity index (χ1v) is 20.0. The SMILES string of the molecule is C=CCOC(=O)CNC(=O)C(=O)C1(NC(=O)C2CCCN2C(=O)C(NC(=O)C(NC(=O)C(CCC(=O)O)NC(=O)C(CCC(=O)O)NC(C)=O)C(C)C)C(C)C)CCCC1. The molecule has 7 amide bonds. The highest BCUT2D eigenvalue weighted by Gasteiger charge is 2.48. The van der Waals surface area contributed by atoms with Crippen molar-refractivity contribution in [2.24, 2.45) is 11.8 Å². The molecule has 0 radical (unpaired) electrons. The fourth-order valence-electron chi connectivity index (χ4n) is 6.98. The number of likely N-dealkylation sites (tertiary alicyclic amines) is 1. The topological polar surface area (TPSA) is 313 Å². The van der Waals surface area contributed by atoms with Crippen molar-refractivity contribution < 1.29 is 67.7 Å². The minimum Gasteiger partial charge on any atom is -0.481 e. The first kappa shape index (κ1) is 50.3. The molecule has 60 heavy (non-hydrogen) atoms. The average Bonchev–Trinajstić information content (AvgIpc) is 3.87. The summed E-state index contributed by atoms with van der Waals surface area (Å²) >= 11 is 0. The van der Waals surface area contributed by atoms with Crippen molar-refractivity contribution in [3.8, 4) is 0 Å². The van der Waals surface area contributed by atoms with Crippen molar-refractivity contribution in [1.82, 2.24) is 36.8 Å². The quantitative estimate of drug-likeness (QED) is 0.0322. The van der Waals surface area contributed by atoms with E-state index in [9.17, 15) is 57.8 Å². The van der Waals surface area contributed by atoms with E-state index >= 15 is 0 Å². The Balaban J connectivity index is 2.24. The molecular weight excluding hydrogens is 790 g/mol. The van der Waals surface area contributed by atoms with Gasteiger partial charge < -0.3 is 51.8 Å². The molecule has 0 spiro atoms. The van der Waals surface area contributed by atoms with Crippen LogP contribution in [0.5, 0.6) is 0 Å². The van der Waals surface area contributed by atoms with Gasteiger partial charge in [0, 0.05) is 26.3 Å². The monoisotopic (exact) mass is 849 g/mol. The van der Waals surface area contributed by atoms with Gasteiger partial charge in [-0.25, -0.2) is 0 Å². The number of hydrogen-bond donors (Lipinski definition) is 8. The maximum absolute atomic E-state index is 14.1. The van der Waals surface area contributed by atoms with E-state index in [4.69, 9.17) is 9.84 Å². The lowest BCUT2D eigenvalue weighted by Crippen LogP contribution is -2.63. The number of nitrogens with one attached hydrogen (secondary N) is 6. The number of esters is 1. The van der Waals surface area contributed by atoms with Gasteiger partial charge in [0.05, 0.1) is 0 Å². The third-order valence-electron chi connectivity index (χ3n) is 10.2. The lowest BCUT2D eigenvalue weighted by molar-refractivity contribution is -0.147. The fraction of sp³-hybridized carbons (Fsp3) is 0.667. The van der Waals surface area contributed by atoms with Crippen LogP contribution in [-0.4, -0.2) is 136 Å². The number of amides is 7. The van der Waals surface area contributed by atoms with E-state index in [1.54, 1.807) is 27.7 Å². The van der Waals surface area contributed by atoms with Crippen molar-refractivity contribution in [2.45, 2.75) is 135 Å². The van der Waals surface area contributed by atoms with Gasteiger partial charge in [0.15, 0.2) is 0 Å². The second kappa shape index (κ2) is 23.6. The van der Waals surface area contributed by atoms with Crippen molar-refractivity contribution >= 4 is 65.0 Å². The van der Waals surface area contributed by atoms with E-state index in [2.05, 4.69) is 38.5 Å². The Morgan fingerprint density at radius 1 is 0.767 bits per heavy atom. The van der Waals surface area contributed by atoms with Crippen LogP contribution in [0.3, 0.4) is 0 Å². The number of ether oxygens (including phenoxy) is 1. The molecule has 1 saturated carbocycles. The van der Waals surface area contributed by atoms with Gasteiger partial charge in [-0.3, -0.25) is 52.7 Å². The van der Waals surface area contributed by atoms with Crippen LogP contribution >= 0.6 is 0 Å². The molecule has 0 aromatic heterocycles. The standard InChI is InChI=1S/C39H59N7O14/c1-7-19-60-29(52)20-40-37(58)32(53)39(16-8-9-17-39)45-35(56)26-11-10-18-46(26)38(59)31(22(4)5)44-36(57)30(21(2)3)43-34(55)25(13-15-28(50)51)42-33(54)24(41-23(6)47)12-14-27(48)49/h7,21-22,24-26,30-31H,1,8-20H2,2-6H3,(H,40,58)(H,41,47)(H,42,54)(H,43,55)(H,44,57)(H,45,56)(H,48,49)(H,50,51). The lowest BCUT2D eigenvalue weighted by Gasteiger charge is -2.34. The minimum absolute atomic E-state index is 0.0871. The largest absolute Gasteiger partial charge is 0.481 e. The van der Waals surface area contributed by atoms with Gasteiger partial charge in [0.25, 0.3) is 5.91 Å². The predicted octanol–water partition coefficient (Wildman–Crippen LogP) is -1.18. The maximum atomic E-state index is 14.1. The summed E-state index contributed by atoms with van der Waals surface area (Å²) in [6.45, 7) is 10.5. The molecule has 1 heterocycles. The fourth-order valence-corrected chi connectivity index (χ4v) is 6.98. The highest BCUT2D eigenvalue weighted by Crippen LogP contribution is 2.32. The van der Waals surface area contributed by atoms with Gasteiger partial charge >= 0.3 is 17.9 Å². The summed E-state index contributed by atoms with van der Waals surface area (Å²) < 4.78 is 4.82. The van der Waals surface area contributed by atoms with Crippen molar-refractivity contribution in [1.29, 1.82) is 0 Å². The second-order valence-electron chi connectivity index (χ2n) is 15.6. The Labute approximate surface area is 347 Å². The van der Waals surface area contributed by atoms with E-state index in [1.807, 2.05) is 0 Å². The summed E-state index contributed by atoms with van der Waals surface area (Å²) in [6.07, 6.45) is 1.47. The Morgan fingerprint density at radius 3 is 1.82 bits per heavy atom. The summed E-state index contributed by atoms with van der Waals surface area (Å²) in [4.78, 5) is 142. The van der Waals surface area contributed by atoms with E-state index < -0.39 is 138 Å². The first-order valence-electron chi connectivity index (χ1n) is 20.0. The Morgan fingerprint density at radius 2 is 1.30 bits per heavy atom. The molecule has 2 fully saturated rings. The van der Waals surface area contributed by atoms with Gasteiger partial charge in [-0.05, 0) is 50.4 Å². The molecule has 5 atom stereocenters. The number of hydrogen-bond acceptors (Lipinski definition) is 12. The van der Waals surface area contributed by atoms with E-state index in [1.165, 1.54) is 11.0 Å². The zero-order chi connectivity index (χ0) is 45.3. The number of Topliss-reactive ketones (excluding diaryl/α,β-unsaturated/α-hetero) is 1. The summed E-state index contributed by atoms with van der Waals surface area (Å²) in [5.41, 5.74) is -1.57. The normalized spacial score (nSPS) is 17.6. The van der Waals surface area contributed by atoms with E-state index in [0.29, 0.717) is 19.3 Å². The average molecular weight is 850 g/mol. The Kier molecular flexibility index (Phi) is 19.8. The van der Waals surface area contributed by atoms with Crippen LogP contribution in [0.2, 0.25) is 0 Å². The van der Waals surface area contributed by atoms with Crippen molar-refractivity contribution in [2.75, 3.05) is 19.7 Å². The highest BCUT2D eigenvalue weighted by atomic mass is 16.5. The molecular formula is C39H59N7O14. The number of ketones is 1. The van der Waals surface area contributed by atoms with Crippen LogP contribution in [0.25, 0.3) is 0 Å². The number of nitrogens with zero attached hydrogens (tertiary/aromatic N) is 1. The van der Waals surface area contributed by atoms with Gasteiger partial charge in [0.1, 0.15) is 48.9 Å². The summed E-state index contributed by atoms with van der Waals surface area (Å²) in [7, 11) is 0. The molecule has 1 saturated heterocycles. The van der Waals surface area contributed by atoms with E-state index in [0.717, 1.165) is 6.92 Å². The molecule has 21 nitrogen and oxygen atoms in total. The zero-order valence-corrected chi connectivity index (χ0v) is 34.8. The second-order valence-corrected chi connectivity index (χ2v) is 15.6. The number of carboxylic acid groups (broad SMARTS) is 2. The number of aliphatic carboxylic acids is 2. The molecule has 334 valence electrons. The van der Waals surface area contributed by atoms with Crippen LogP contribution in [0, 0.1) is 11.8 Å². The molecule has 5 unspecified atom stereocenters. The summed E-state index contributed by atoms with van der Waals surface area (Å²) in [5, 5.41) is 33.2. The molecule has 0 aromatic rings. The molecule has 0 bridgehead atoms. The van der Waals surface area contributed by atoms with Crippen LogP contribution < -0.4 is 31.9 Å². The van der Waals surface area contributed by atoms with Crippen molar-refractivity contribution in [3.63, 3.8) is 0 Å². The molecule has 1 aliphatic heterocycles. The molecule has 8 N–H and O–H groups in total. The third kappa shape index (κ3) is 15.0. The Bertz CT molecular complexity index is 1660. The van der Waals surface area contributed by atoms with Gasteiger partial charge in [0.2, 0.25) is 41.2 Å². The number of carboxylic acids is 2. The Hall–Kier alpha value is -5.89. The van der Waals surface area contributed by atoms with Crippen LogP contribution in [0.15, 0.2) is 12.7 Å². The molecule has 0 aromatic carbocycles. The molecule has 2 rings (SSSR count). The summed E-state index contributed by atoms with van der Waals surface area (Å²) in [6, 6.07) is -6.50. The minimum atomic E-state index is -1.57. The lowest BCUT2D eigenvalue weighted by atomic mass is 9.90. The van der Waals surface area contributed by atoms with Crippen LogP contribution in [0.1, 0.15) is 98.8 Å². The van der Waals surface area contributed by atoms with Gasteiger partial charge in [-0.1, -0.05) is 53.2 Å². The smallest absolute Gasteiger partial charge is 0.325 e. The third-order valence-corrected chi connectivity index (χ3v) is 10.2. The maximum Gasteiger partial charge on any atom is 0.325 e. The highest BCUT2D eigenvalue weighted by molar-refractivity contribution is 6.40. The number of rotatable bonds is 24. The van der Waals surface area contributed by atoms with Gasteiger partial charge in [-0.2, -0.15) is 0 Å². The van der Waals surface area contributed by atoms with Gasteiger partial charge in [-0.15, -0.1) is 0 Å². The number of carbonyl (C=O) groups is 11. The first-order chi connectivity index (χ1) is 28.1. The van der Waals surface area contributed by atoms with Crippen LogP contribution in [0.4, 0.5) is 0 Å². The molecule has 21 heteroatoms. The summed E-state index contributed by atoms with van der Waals surface area (Å²) in [5.74, 6) is -11.2. The van der Waals surface area contributed by atoms with E-state index in [-0.39, 0.29) is 38.8 Å². The molecule has 2 aliphatic rings. The molecule has 1 aliphatic carbocycles. The van der Waals surface area contributed by atoms with Crippen LogP contribution in [-0.2, 0) is 57.5 Å².